The number of pyridine rings is 1. The molecule has 3 nitrogen and oxygen atoms in total. The molecule has 0 aliphatic rings. The first-order valence-electron chi connectivity index (χ1n) is 4.13. The summed E-state index contributed by atoms with van der Waals surface area (Å²) in [6, 6.07) is 7.12. The summed E-state index contributed by atoms with van der Waals surface area (Å²) in [6.45, 7) is 0. The summed E-state index contributed by atoms with van der Waals surface area (Å²) in [5.74, 6) is 0.324. The van der Waals surface area contributed by atoms with Crippen molar-refractivity contribution in [2.24, 2.45) is 0 Å². The van der Waals surface area contributed by atoms with Crippen LogP contribution in [0.25, 0.3) is 0 Å². The number of carbonyl (C=O) groups excluding carboxylic acids is 1. The van der Waals surface area contributed by atoms with Gasteiger partial charge in [0.25, 0.3) is 0 Å². The zero-order valence-corrected chi connectivity index (χ0v) is 9.92. The van der Waals surface area contributed by atoms with Crippen molar-refractivity contribution in [2.75, 3.05) is 0 Å². The van der Waals surface area contributed by atoms with Crippen molar-refractivity contribution >= 4 is 34.0 Å². The topological polar surface area (TPSA) is 43.1 Å². The van der Waals surface area contributed by atoms with Gasteiger partial charge in [0, 0.05) is 6.20 Å². The van der Waals surface area contributed by atoms with E-state index in [4.69, 9.17) is 4.42 Å². The Hall–Kier alpha value is -1.07. The molecule has 0 spiro atoms. The van der Waals surface area contributed by atoms with Gasteiger partial charge in [-0.25, -0.2) is 4.98 Å². The van der Waals surface area contributed by atoms with Crippen LogP contribution in [-0.4, -0.2) is 11.3 Å². The van der Waals surface area contributed by atoms with Gasteiger partial charge in [0.1, 0.15) is 5.03 Å². The molecule has 0 atom stereocenters. The molecular weight excluding hydrogens is 278 g/mol. The fraction of sp³-hybridized carbons (Fsp3) is 0. The molecular formula is C10H6BrNO2S. The molecule has 2 aromatic rings. The summed E-state index contributed by atoms with van der Waals surface area (Å²) >= 11 is 4.75. The van der Waals surface area contributed by atoms with Gasteiger partial charge < -0.3 is 4.42 Å². The first-order valence-corrected chi connectivity index (χ1v) is 5.74. The van der Waals surface area contributed by atoms with Crippen molar-refractivity contribution in [1.82, 2.24) is 4.98 Å². The van der Waals surface area contributed by atoms with Gasteiger partial charge in [-0.2, -0.15) is 0 Å². The van der Waals surface area contributed by atoms with Crippen molar-refractivity contribution in [3.05, 3.63) is 40.7 Å². The lowest BCUT2D eigenvalue weighted by molar-refractivity contribution is 0.109. The van der Waals surface area contributed by atoms with Gasteiger partial charge in [0.05, 0.1) is 4.47 Å². The summed E-state index contributed by atoms with van der Waals surface area (Å²) in [4.78, 5) is 14.6. The first-order chi connectivity index (χ1) is 7.29. The molecule has 76 valence electrons. The maximum absolute atomic E-state index is 10.4. The molecule has 0 saturated heterocycles. The van der Waals surface area contributed by atoms with E-state index in [1.54, 1.807) is 18.3 Å². The summed E-state index contributed by atoms with van der Waals surface area (Å²) < 4.78 is 6.13. The van der Waals surface area contributed by atoms with E-state index in [1.807, 2.05) is 12.1 Å². The van der Waals surface area contributed by atoms with Crippen molar-refractivity contribution in [3.63, 3.8) is 0 Å². The van der Waals surface area contributed by atoms with Gasteiger partial charge in [0.15, 0.2) is 17.1 Å². The van der Waals surface area contributed by atoms with E-state index in [2.05, 4.69) is 20.9 Å². The molecule has 0 amide bonds. The summed E-state index contributed by atoms with van der Waals surface area (Å²) in [6.07, 6.45) is 2.38. The van der Waals surface area contributed by atoms with Crippen LogP contribution in [-0.2, 0) is 0 Å². The van der Waals surface area contributed by atoms with Crippen molar-refractivity contribution in [2.45, 2.75) is 10.1 Å². The number of aldehydes is 1. The van der Waals surface area contributed by atoms with E-state index in [1.165, 1.54) is 11.8 Å². The zero-order chi connectivity index (χ0) is 10.7. The molecule has 0 N–H and O–H groups in total. The van der Waals surface area contributed by atoms with Gasteiger partial charge >= 0.3 is 0 Å². The number of carbonyl (C=O) groups is 1. The second-order valence-electron chi connectivity index (χ2n) is 2.67. The smallest absolute Gasteiger partial charge is 0.185 e. The number of hydrogen-bond donors (Lipinski definition) is 0. The third kappa shape index (κ3) is 2.49. The Kier molecular flexibility index (Phi) is 3.23. The second-order valence-corrected chi connectivity index (χ2v) is 4.51. The Bertz CT molecular complexity index is 484. The molecule has 0 saturated carbocycles. The van der Waals surface area contributed by atoms with Gasteiger partial charge in [-0.15, -0.1) is 0 Å². The minimum absolute atomic E-state index is 0.324. The molecule has 0 fully saturated rings. The zero-order valence-electron chi connectivity index (χ0n) is 7.51. The third-order valence-corrected chi connectivity index (χ3v) is 3.48. The Morgan fingerprint density at radius 3 is 2.93 bits per heavy atom. The molecule has 0 radical (unpaired) electrons. The number of nitrogens with zero attached hydrogens (tertiary/aromatic N) is 1. The van der Waals surface area contributed by atoms with Crippen LogP contribution in [0.15, 0.2) is 49.5 Å². The van der Waals surface area contributed by atoms with Crippen molar-refractivity contribution < 1.29 is 9.21 Å². The van der Waals surface area contributed by atoms with Crippen LogP contribution in [0.4, 0.5) is 0 Å². The van der Waals surface area contributed by atoms with Crippen molar-refractivity contribution in [3.8, 4) is 0 Å². The SMILES string of the molecule is O=Cc1ccc(Sc2ncccc2Br)o1. The maximum atomic E-state index is 10.4. The number of aromatic nitrogens is 1. The number of rotatable bonds is 3. The highest BCUT2D eigenvalue weighted by Gasteiger charge is 2.06. The number of halogens is 1. The van der Waals surface area contributed by atoms with E-state index < -0.39 is 0 Å². The molecule has 2 heterocycles. The highest BCUT2D eigenvalue weighted by atomic mass is 79.9. The molecule has 2 aromatic heterocycles. The maximum Gasteiger partial charge on any atom is 0.185 e. The summed E-state index contributed by atoms with van der Waals surface area (Å²) in [5, 5.41) is 1.46. The molecule has 0 aromatic carbocycles. The molecule has 0 aliphatic heterocycles. The predicted octanol–water partition coefficient (Wildman–Crippen LogP) is 3.40. The Morgan fingerprint density at radius 1 is 1.40 bits per heavy atom. The molecule has 0 aliphatic carbocycles. The number of hydrogen-bond acceptors (Lipinski definition) is 4. The van der Waals surface area contributed by atoms with Gasteiger partial charge in [-0.05, 0) is 52.0 Å². The van der Waals surface area contributed by atoms with Gasteiger partial charge in [0.2, 0.25) is 0 Å². The summed E-state index contributed by atoms with van der Waals surface area (Å²) in [7, 11) is 0. The van der Waals surface area contributed by atoms with E-state index in [0.717, 1.165) is 9.50 Å². The quantitative estimate of drug-likeness (QED) is 0.810. The van der Waals surface area contributed by atoms with Gasteiger partial charge in [-0.3, -0.25) is 4.79 Å². The minimum Gasteiger partial charge on any atom is -0.447 e. The average molecular weight is 284 g/mol. The molecule has 0 unspecified atom stereocenters. The fourth-order valence-electron chi connectivity index (χ4n) is 0.994. The first kappa shape index (κ1) is 10.4. The van der Waals surface area contributed by atoms with Crippen LogP contribution in [0.3, 0.4) is 0 Å². The van der Waals surface area contributed by atoms with E-state index in [0.29, 0.717) is 17.1 Å². The van der Waals surface area contributed by atoms with Crippen LogP contribution in [0.1, 0.15) is 10.6 Å². The standard InChI is InChI=1S/C10H6BrNO2S/c11-8-2-1-5-12-10(8)15-9-4-3-7(6-13)14-9/h1-6H. The van der Waals surface area contributed by atoms with Gasteiger partial charge in [-0.1, -0.05) is 0 Å². The second kappa shape index (κ2) is 4.63. The van der Waals surface area contributed by atoms with Crippen LogP contribution in [0, 0.1) is 0 Å². The molecule has 2 rings (SSSR count). The lowest BCUT2D eigenvalue weighted by atomic mass is 10.5. The predicted molar refractivity (Wildman–Crippen MR) is 60.2 cm³/mol. The Morgan fingerprint density at radius 2 is 2.27 bits per heavy atom. The Labute approximate surface area is 99.0 Å². The normalized spacial score (nSPS) is 10.2. The van der Waals surface area contributed by atoms with Crippen LogP contribution in [0.2, 0.25) is 0 Å². The van der Waals surface area contributed by atoms with E-state index in [9.17, 15) is 4.79 Å². The van der Waals surface area contributed by atoms with Crippen LogP contribution < -0.4 is 0 Å². The highest BCUT2D eigenvalue weighted by molar-refractivity contribution is 9.10. The molecule has 15 heavy (non-hydrogen) atoms. The Balaban J connectivity index is 2.22. The molecule has 0 bridgehead atoms. The number of furan rings is 1. The largest absolute Gasteiger partial charge is 0.447 e. The molecule has 5 heteroatoms. The van der Waals surface area contributed by atoms with Crippen LogP contribution in [0.5, 0.6) is 0 Å². The van der Waals surface area contributed by atoms with E-state index >= 15 is 0 Å². The summed E-state index contributed by atoms with van der Waals surface area (Å²) in [5.41, 5.74) is 0. The fourth-order valence-corrected chi connectivity index (χ4v) is 2.24. The third-order valence-electron chi connectivity index (χ3n) is 1.64. The lowest BCUT2D eigenvalue weighted by Gasteiger charge is -1.98. The van der Waals surface area contributed by atoms with Crippen molar-refractivity contribution in [1.29, 1.82) is 0 Å². The minimum atomic E-state index is 0.324. The van der Waals surface area contributed by atoms with Crippen LogP contribution >= 0.6 is 27.7 Å². The van der Waals surface area contributed by atoms with E-state index in [-0.39, 0.29) is 0 Å². The highest BCUT2D eigenvalue weighted by Crippen LogP contribution is 2.32. The average Bonchev–Trinajstić information content (AvgIpc) is 2.69. The monoisotopic (exact) mass is 283 g/mol. The lowest BCUT2D eigenvalue weighted by Crippen LogP contribution is -1.79.